The van der Waals surface area contributed by atoms with Crippen LogP contribution < -0.4 is 0 Å². The molecule has 148 valence electrons. The number of imidazole rings is 1. The van der Waals surface area contributed by atoms with Crippen molar-refractivity contribution in [2.75, 3.05) is 18.1 Å². The van der Waals surface area contributed by atoms with Crippen LogP contribution in [0.2, 0.25) is 0 Å². The first-order valence-corrected chi connectivity index (χ1v) is 11.4. The molecule has 6 heteroatoms. The summed E-state index contributed by atoms with van der Waals surface area (Å²) in [5.41, 5.74) is 3.18. The van der Waals surface area contributed by atoms with E-state index in [1.54, 1.807) is 6.92 Å². The molecule has 0 saturated carbocycles. The Bertz CT molecular complexity index is 977. The van der Waals surface area contributed by atoms with Gasteiger partial charge in [0.2, 0.25) is 5.91 Å². The number of fused-ring (bicyclic) bond motifs is 3. The number of benzene rings is 1. The number of nitrogens with zero attached hydrogens (tertiary/aromatic N) is 4. The molecule has 1 amide bonds. The standard InChI is InChI=1S/C22H28N4OS/c1-3-21-24-20-14-23-19-9-5-4-8-18(19)22(20)26(21)12-7-6-11-25(16(2)27)17-10-13-28-15-17/h4-5,8-9,14,17H,3,6-7,10-13,15H2,1-2H3. The lowest BCUT2D eigenvalue weighted by Crippen LogP contribution is -2.39. The molecule has 5 nitrogen and oxygen atoms in total. The van der Waals surface area contributed by atoms with E-state index < -0.39 is 0 Å². The molecule has 3 aromatic rings. The van der Waals surface area contributed by atoms with E-state index >= 15 is 0 Å². The fourth-order valence-corrected chi connectivity index (χ4v) is 5.46. The number of rotatable bonds is 7. The molecule has 0 spiro atoms. The van der Waals surface area contributed by atoms with Crippen molar-refractivity contribution >= 4 is 39.6 Å². The van der Waals surface area contributed by atoms with Gasteiger partial charge in [0.15, 0.2) is 0 Å². The van der Waals surface area contributed by atoms with Crippen LogP contribution in [-0.4, -0.2) is 49.4 Å². The maximum absolute atomic E-state index is 12.1. The van der Waals surface area contributed by atoms with Crippen molar-refractivity contribution in [1.29, 1.82) is 0 Å². The van der Waals surface area contributed by atoms with Crippen LogP contribution >= 0.6 is 11.8 Å². The first kappa shape index (κ1) is 19.2. The van der Waals surface area contributed by atoms with Gasteiger partial charge in [-0.15, -0.1) is 0 Å². The van der Waals surface area contributed by atoms with Crippen molar-refractivity contribution < 1.29 is 4.79 Å². The lowest BCUT2D eigenvalue weighted by molar-refractivity contribution is -0.130. The van der Waals surface area contributed by atoms with Crippen molar-refractivity contribution in [2.45, 2.75) is 52.1 Å². The molecule has 2 aromatic heterocycles. The van der Waals surface area contributed by atoms with Crippen LogP contribution in [0.25, 0.3) is 21.9 Å². The number of unbranched alkanes of at least 4 members (excludes halogenated alkanes) is 1. The van der Waals surface area contributed by atoms with E-state index in [1.165, 1.54) is 16.7 Å². The molecule has 0 radical (unpaired) electrons. The van der Waals surface area contributed by atoms with E-state index in [0.29, 0.717) is 6.04 Å². The molecule has 28 heavy (non-hydrogen) atoms. The normalized spacial score (nSPS) is 16.9. The molecule has 1 atom stereocenters. The summed E-state index contributed by atoms with van der Waals surface area (Å²) in [6.07, 6.45) is 5.99. The van der Waals surface area contributed by atoms with Crippen molar-refractivity contribution in [3.05, 3.63) is 36.3 Å². The quantitative estimate of drug-likeness (QED) is 0.559. The number of hydrogen-bond donors (Lipinski definition) is 0. The van der Waals surface area contributed by atoms with Crippen molar-refractivity contribution in [2.24, 2.45) is 0 Å². The van der Waals surface area contributed by atoms with E-state index in [1.807, 2.05) is 24.0 Å². The molecule has 1 aliphatic rings. The van der Waals surface area contributed by atoms with Gasteiger partial charge in [-0.1, -0.05) is 25.1 Å². The van der Waals surface area contributed by atoms with Gasteiger partial charge in [0.1, 0.15) is 11.3 Å². The fourth-order valence-electron chi connectivity index (χ4n) is 4.24. The summed E-state index contributed by atoms with van der Waals surface area (Å²) in [7, 11) is 0. The summed E-state index contributed by atoms with van der Waals surface area (Å²) in [6, 6.07) is 8.72. The van der Waals surface area contributed by atoms with Gasteiger partial charge in [0.25, 0.3) is 0 Å². The number of thioether (sulfide) groups is 1. The molecule has 0 bridgehead atoms. The van der Waals surface area contributed by atoms with Gasteiger partial charge in [0.05, 0.1) is 17.2 Å². The lowest BCUT2D eigenvalue weighted by atomic mass is 10.1. The Kier molecular flexibility index (Phi) is 5.85. The third kappa shape index (κ3) is 3.75. The first-order valence-electron chi connectivity index (χ1n) is 10.3. The van der Waals surface area contributed by atoms with E-state index in [-0.39, 0.29) is 5.91 Å². The number of carbonyl (C=O) groups is 1. The fraction of sp³-hybridized carbons (Fsp3) is 0.500. The third-order valence-corrected chi connectivity index (χ3v) is 6.80. The summed E-state index contributed by atoms with van der Waals surface area (Å²) in [4.78, 5) is 23.5. The molecule has 0 N–H and O–H groups in total. The molecule has 3 heterocycles. The molecule has 4 rings (SSSR count). The van der Waals surface area contributed by atoms with Gasteiger partial charge in [-0.25, -0.2) is 4.98 Å². The molecular weight excluding hydrogens is 368 g/mol. The monoisotopic (exact) mass is 396 g/mol. The molecule has 1 saturated heterocycles. The number of aryl methyl sites for hydroxylation is 2. The van der Waals surface area contributed by atoms with Gasteiger partial charge in [-0.2, -0.15) is 11.8 Å². The molecule has 1 aliphatic heterocycles. The number of para-hydroxylation sites is 1. The zero-order valence-corrected chi connectivity index (χ0v) is 17.5. The average molecular weight is 397 g/mol. The van der Waals surface area contributed by atoms with Crippen LogP contribution in [0.15, 0.2) is 30.5 Å². The minimum absolute atomic E-state index is 0.215. The highest BCUT2D eigenvalue weighted by Gasteiger charge is 2.24. The Hall–Kier alpha value is -2.08. The summed E-state index contributed by atoms with van der Waals surface area (Å²) in [6.45, 7) is 5.65. The Labute approximate surface area is 170 Å². The van der Waals surface area contributed by atoms with Crippen molar-refractivity contribution in [3.8, 4) is 0 Å². The van der Waals surface area contributed by atoms with E-state index in [2.05, 4.69) is 39.6 Å². The molecular formula is C22H28N4OS. The van der Waals surface area contributed by atoms with Gasteiger partial charge in [0, 0.05) is 43.6 Å². The van der Waals surface area contributed by atoms with Crippen LogP contribution in [0.5, 0.6) is 0 Å². The number of amides is 1. The van der Waals surface area contributed by atoms with E-state index in [0.717, 1.165) is 61.4 Å². The van der Waals surface area contributed by atoms with Crippen molar-refractivity contribution in [1.82, 2.24) is 19.4 Å². The Morgan fingerprint density at radius 2 is 2.14 bits per heavy atom. The SMILES string of the molecule is CCc1nc2cnc3ccccc3c2n1CCCCN(C(C)=O)C1CCSC1. The second-order valence-electron chi connectivity index (χ2n) is 7.48. The lowest BCUT2D eigenvalue weighted by Gasteiger charge is -2.27. The highest BCUT2D eigenvalue weighted by Crippen LogP contribution is 2.26. The minimum atomic E-state index is 0.215. The first-order chi connectivity index (χ1) is 13.7. The van der Waals surface area contributed by atoms with Gasteiger partial charge >= 0.3 is 0 Å². The van der Waals surface area contributed by atoms with Crippen molar-refractivity contribution in [3.63, 3.8) is 0 Å². The summed E-state index contributed by atoms with van der Waals surface area (Å²) >= 11 is 1.96. The Balaban J connectivity index is 1.51. The smallest absolute Gasteiger partial charge is 0.219 e. The van der Waals surface area contributed by atoms with E-state index in [9.17, 15) is 4.79 Å². The number of carbonyl (C=O) groups excluding carboxylic acids is 1. The highest BCUT2D eigenvalue weighted by atomic mass is 32.2. The summed E-state index contributed by atoms with van der Waals surface area (Å²) < 4.78 is 2.36. The van der Waals surface area contributed by atoms with Gasteiger partial charge in [-0.3, -0.25) is 9.78 Å². The zero-order chi connectivity index (χ0) is 19.5. The summed E-state index contributed by atoms with van der Waals surface area (Å²) in [5.74, 6) is 3.59. The second-order valence-corrected chi connectivity index (χ2v) is 8.63. The largest absolute Gasteiger partial charge is 0.339 e. The Morgan fingerprint density at radius 1 is 1.29 bits per heavy atom. The number of aromatic nitrogens is 3. The summed E-state index contributed by atoms with van der Waals surface area (Å²) in [5, 5.41) is 1.17. The van der Waals surface area contributed by atoms with Crippen LogP contribution in [0, 0.1) is 0 Å². The maximum atomic E-state index is 12.1. The Morgan fingerprint density at radius 3 is 2.89 bits per heavy atom. The van der Waals surface area contributed by atoms with Gasteiger partial charge in [-0.05, 0) is 31.1 Å². The third-order valence-electron chi connectivity index (χ3n) is 5.66. The maximum Gasteiger partial charge on any atom is 0.219 e. The topological polar surface area (TPSA) is 51.0 Å². The molecule has 1 fully saturated rings. The van der Waals surface area contributed by atoms with Gasteiger partial charge < -0.3 is 9.47 Å². The van der Waals surface area contributed by atoms with Crippen LogP contribution in [0.1, 0.15) is 38.9 Å². The highest BCUT2D eigenvalue weighted by molar-refractivity contribution is 7.99. The molecule has 0 aliphatic carbocycles. The number of hydrogen-bond acceptors (Lipinski definition) is 4. The predicted molar refractivity (Wildman–Crippen MR) is 117 cm³/mol. The van der Waals surface area contributed by atoms with Crippen LogP contribution in [-0.2, 0) is 17.8 Å². The van der Waals surface area contributed by atoms with Crippen LogP contribution in [0.4, 0.5) is 0 Å². The average Bonchev–Trinajstić information content (AvgIpc) is 3.35. The van der Waals surface area contributed by atoms with Crippen LogP contribution in [0.3, 0.4) is 0 Å². The molecule has 1 unspecified atom stereocenters. The predicted octanol–water partition coefficient (Wildman–Crippen LogP) is 4.28. The minimum Gasteiger partial charge on any atom is -0.339 e. The molecule has 1 aromatic carbocycles. The second kappa shape index (κ2) is 8.52. The zero-order valence-electron chi connectivity index (χ0n) is 16.7. The number of pyridine rings is 1. The van der Waals surface area contributed by atoms with E-state index in [4.69, 9.17) is 4.98 Å².